The molecule has 0 aromatic carbocycles. The standard InChI is InChI=1S/C10H22N2O/c1-4-5-9(2)8-11-6-7-12-10(3)13/h9,11H,4-8H2,1-3H3,(H,12,13). The van der Waals surface area contributed by atoms with Gasteiger partial charge in [-0.15, -0.1) is 0 Å². The first-order chi connectivity index (χ1) is 6.16. The highest BCUT2D eigenvalue weighted by Crippen LogP contribution is 2.01. The predicted octanol–water partition coefficient (Wildman–Crippen LogP) is 1.15. The summed E-state index contributed by atoms with van der Waals surface area (Å²) in [6, 6.07) is 0. The molecule has 0 fully saturated rings. The van der Waals surface area contributed by atoms with Crippen LogP contribution >= 0.6 is 0 Å². The number of carbonyl (C=O) groups excluding carboxylic acids is 1. The quantitative estimate of drug-likeness (QED) is 0.586. The van der Waals surface area contributed by atoms with Gasteiger partial charge in [0.25, 0.3) is 0 Å². The predicted molar refractivity (Wildman–Crippen MR) is 55.6 cm³/mol. The molecule has 3 heteroatoms. The summed E-state index contributed by atoms with van der Waals surface area (Å²) in [7, 11) is 0. The third-order valence-electron chi connectivity index (χ3n) is 1.95. The maximum absolute atomic E-state index is 10.5. The summed E-state index contributed by atoms with van der Waals surface area (Å²) >= 11 is 0. The fraction of sp³-hybridized carbons (Fsp3) is 0.900. The molecule has 1 unspecified atom stereocenters. The topological polar surface area (TPSA) is 41.1 Å². The van der Waals surface area contributed by atoms with Crippen LogP contribution in [0.3, 0.4) is 0 Å². The molecule has 0 aliphatic rings. The van der Waals surface area contributed by atoms with Crippen LogP contribution in [-0.2, 0) is 4.79 Å². The third kappa shape index (κ3) is 9.34. The van der Waals surface area contributed by atoms with E-state index in [4.69, 9.17) is 0 Å². The second-order valence-corrected chi connectivity index (χ2v) is 3.58. The van der Waals surface area contributed by atoms with Crippen LogP contribution in [0, 0.1) is 5.92 Å². The molecule has 2 N–H and O–H groups in total. The van der Waals surface area contributed by atoms with Crippen LogP contribution in [0.4, 0.5) is 0 Å². The van der Waals surface area contributed by atoms with E-state index in [-0.39, 0.29) is 5.91 Å². The van der Waals surface area contributed by atoms with Crippen LogP contribution in [-0.4, -0.2) is 25.5 Å². The van der Waals surface area contributed by atoms with Crippen molar-refractivity contribution in [1.82, 2.24) is 10.6 Å². The van der Waals surface area contributed by atoms with E-state index in [1.807, 2.05) is 0 Å². The molecule has 0 aromatic heterocycles. The Morgan fingerprint density at radius 2 is 2.08 bits per heavy atom. The lowest BCUT2D eigenvalue weighted by molar-refractivity contribution is -0.118. The fourth-order valence-corrected chi connectivity index (χ4v) is 1.27. The normalized spacial score (nSPS) is 12.5. The second kappa shape index (κ2) is 8.05. The van der Waals surface area contributed by atoms with E-state index >= 15 is 0 Å². The van der Waals surface area contributed by atoms with E-state index in [0.717, 1.165) is 25.6 Å². The number of hydrogen-bond acceptors (Lipinski definition) is 2. The van der Waals surface area contributed by atoms with Crippen molar-refractivity contribution in [1.29, 1.82) is 0 Å². The lowest BCUT2D eigenvalue weighted by atomic mass is 10.1. The molecule has 0 saturated carbocycles. The Kier molecular flexibility index (Phi) is 7.69. The molecule has 0 rings (SSSR count). The molecular weight excluding hydrogens is 164 g/mol. The first-order valence-electron chi connectivity index (χ1n) is 5.12. The number of hydrogen-bond donors (Lipinski definition) is 2. The van der Waals surface area contributed by atoms with Gasteiger partial charge in [0.1, 0.15) is 0 Å². The number of nitrogens with one attached hydrogen (secondary N) is 2. The average Bonchev–Trinajstić information content (AvgIpc) is 2.03. The molecule has 0 heterocycles. The SMILES string of the molecule is CCCC(C)CNCCNC(C)=O. The molecule has 0 radical (unpaired) electrons. The minimum absolute atomic E-state index is 0.0448. The van der Waals surface area contributed by atoms with Gasteiger partial charge in [0.2, 0.25) is 5.91 Å². The van der Waals surface area contributed by atoms with Crippen molar-refractivity contribution in [2.75, 3.05) is 19.6 Å². The smallest absolute Gasteiger partial charge is 0.216 e. The lowest BCUT2D eigenvalue weighted by Crippen LogP contribution is -2.32. The number of rotatable bonds is 7. The first kappa shape index (κ1) is 12.4. The molecule has 0 aliphatic carbocycles. The van der Waals surface area contributed by atoms with Gasteiger partial charge in [-0.25, -0.2) is 0 Å². The van der Waals surface area contributed by atoms with Gasteiger partial charge < -0.3 is 10.6 Å². The Morgan fingerprint density at radius 3 is 2.62 bits per heavy atom. The van der Waals surface area contributed by atoms with Crippen molar-refractivity contribution < 1.29 is 4.79 Å². The van der Waals surface area contributed by atoms with Gasteiger partial charge in [0, 0.05) is 20.0 Å². The van der Waals surface area contributed by atoms with Gasteiger partial charge in [-0.1, -0.05) is 20.3 Å². The Morgan fingerprint density at radius 1 is 1.38 bits per heavy atom. The second-order valence-electron chi connectivity index (χ2n) is 3.58. The summed E-state index contributed by atoms with van der Waals surface area (Å²) in [5.41, 5.74) is 0. The highest BCUT2D eigenvalue weighted by atomic mass is 16.1. The largest absolute Gasteiger partial charge is 0.355 e. The van der Waals surface area contributed by atoms with Gasteiger partial charge in [-0.3, -0.25) is 4.79 Å². The van der Waals surface area contributed by atoms with Gasteiger partial charge in [-0.05, 0) is 18.9 Å². The van der Waals surface area contributed by atoms with Crippen molar-refractivity contribution in [3.63, 3.8) is 0 Å². The summed E-state index contributed by atoms with van der Waals surface area (Å²) < 4.78 is 0. The molecule has 13 heavy (non-hydrogen) atoms. The lowest BCUT2D eigenvalue weighted by Gasteiger charge is -2.11. The molecule has 0 bridgehead atoms. The summed E-state index contributed by atoms with van der Waals surface area (Å²) in [4.78, 5) is 10.5. The number of amides is 1. The maximum atomic E-state index is 10.5. The highest BCUT2D eigenvalue weighted by molar-refractivity contribution is 5.72. The molecule has 1 amide bonds. The molecule has 78 valence electrons. The minimum Gasteiger partial charge on any atom is -0.355 e. The minimum atomic E-state index is 0.0448. The van der Waals surface area contributed by atoms with E-state index in [9.17, 15) is 4.79 Å². The van der Waals surface area contributed by atoms with Gasteiger partial charge in [0.15, 0.2) is 0 Å². The van der Waals surface area contributed by atoms with Crippen LogP contribution in [0.5, 0.6) is 0 Å². The van der Waals surface area contributed by atoms with Gasteiger partial charge in [-0.2, -0.15) is 0 Å². The summed E-state index contributed by atoms with van der Waals surface area (Å²) in [6.45, 7) is 8.64. The Balaban J connectivity index is 3.11. The zero-order valence-electron chi connectivity index (χ0n) is 9.02. The third-order valence-corrected chi connectivity index (χ3v) is 1.95. The monoisotopic (exact) mass is 186 g/mol. The van der Waals surface area contributed by atoms with Crippen LogP contribution in [0.2, 0.25) is 0 Å². The molecule has 1 atom stereocenters. The van der Waals surface area contributed by atoms with Crippen LogP contribution < -0.4 is 10.6 Å². The van der Waals surface area contributed by atoms with E-state index in [1.165, 1.54) is 12.8 Å². The average molecular weight is 186 g/mol. The molecule has 3 nitrogen and oxygen atoms in total. The fourth-order valence-electron chi connectivity index (χ4n) is 1.27. The Labute approximate surface area is 81.3 Å². The van der Waals surface area contributed by atoms with E-state index in [0.29, 0.717) is 0 Å². The molecule has 0 aliphatic heterocycles. The summed E-state index contributed by atoms with van der Waals surface area (Å²) in [6.07, 6.45) is 2.52. The van der Waals surface area contributed by atoms with Crippen LogP contribution in [0.25, 0.3) is 0 Å². The van der Waals surface area contributed by atoms with Crippen molar-refractivity contribution in [3.8, 4) is 0 Å². The van der Waals surface area contributed by atoms with Crippen LogP contribution in [0.15, 0.2) is 0 Å². The van der Waals surface area contributed by atoms with E-state index in [2.05, 4.69) is 24.5 Å². The zero-order valence-corrected chi connectivity index (χ0v) is 9.02. The molecule has 0 saturated heterocycles. The molecular formula is C10H22N2O. The summed E-state index contributed by atoms with van der Waals surface area (Å²) in [5, 5.41) is 6.06. The van der Waals surface area contributed by atoms with Crippen molar-refractivity contribution in [3.05, 3.63) is 0 Å². The maximum Gasteiger partial charge on any atom is 0.216 e. The zero-order chi connectivity index (χ0) is 10.1. The van der Waals surface area contributed by atoms with Crippen molar-refractivity contribution >= 4 is 5.91 Å². The van der Waals surface area contributed by atoms with Crippen molar-refractivity contribution in [2.45, 2.75) is 33.6 Å². The first-order valence-corrected chi connectivity index (χ1v) is 5.12. The van der Waals surface area contributed by atoms with Crippen LogP contribution in [0.1, 0.15) is 33.6 Å². The summed E-state index contributed by atoms with van der Waals surface area (Å²) in [5.74, 6) is 0.783. The Hall–Kier alpha value is -0.570. The van der Waals surface area contributed by atoms with Gasteiger partial charge in [0.05, 0.1) is 0 Å². The van der Waals surface area contributed by atoms with Crippen molar-refractivity contribution in [2.24, 2.45) is 5.92 Å². The van der Waals surface area contributed by atoms with Gasteiger partial charge >= 0.3 is 0 Å². The van der Waals surface area contributed by atoms with E-state index in [1.54, 1.807) is 6.92 Å². The number of carbonyl (C=O) groups is 1. The Bertz CT molecular complexity index is 137. The van der Waals surface area contributed by atoms with E-state index < -0.39 is 0 Å². The molecule has 0 aromatic rings. The highest BCUT2D eigenvalue weighted by Gasteiger charge is 1.98. The molecule has 0 spiro atoms.